The third-order valence-electron chi connectivity index (χ3n) is 6.51. The van der Waals surface area contributed by atoms with Crippen molar-refractivity contribution in [3.63, 3.8) is 0 Å². The van der Waals surface area contributed by atoms with Crippen LogP contribution in [0.4, 0.5) is 10.5 Å². The number of nitrogens with one attached hydrogen (secondary N) is 1. The van der Waals surface area contributed by atoms with Crippen LogP contribution in [0.2, 0.25) is 0 Å². The van der Waals surface area contributed by atoms with Crippen LogP contribution < -0.4 is 5.32 Å². The number of rotatable bonds is 3. The highest BCUT2D eigenvalue weighted by molar-refractivity contribution is 7.15. The molecule has 2 aliphatic rings. The number of aromatic nitrogens is 1. The number of methoxy groups -OCH3 is 1. The zero-order valence-corrected chi connectivity index (χ0v) is 19.2. The molecule has 166 valence electrons. The first-order valence-electron chi connectivity index (χ1n) is 11.2. The van der Waals surface area contributed by atoms with Crippen molar-refractivity contribution in [1.29, 1.82) is 0 Å². The van der Waals surface area contributed by atoms with Crippen molar-refractivity contribution in [2.75, 3.05) is 12.4 Å². The lowest BCUT2D eigenvalue weighted by Crippen LogP contribution is -2.37. The Kier molecular flexibility index (Phi) is 5.51. The van der Waals surface area contributed by atoms with Gasteiger partial charge in [-0.3, -0.25) is 0 Å². The van der Waals surface area contributed by atoms with Crippen molar-refractivity contribution in [2.24, 2.45) is 0 Å². The van der Waals surface area contributed by atoms with Gasteiger partial charge >= 0.3 is 12.0 Å². The Morgan fingerprint density at radius 3 is 2.66 bits per heavy atom. The van der Waals surface area contributed by atoms with Gasteiger partial charge in [0.25, 0.3) is 0 Å². The standard InChI is InChI=1S/C25H27N3O3S/c1-3-20-21-8-6-14-27(21)23-19(18-7-4-5-9-22(18)32-23)15-28(20)25(30)26-17-12-10-16(11-13-17)24(29)31-2/h6,8,10-14,20H,3-5,7,9,15H2,1-2H3,(H,26,30). The SMILES string of the molecule is CCC1c2cccn2-c2sc3c(c2CN1C(=O)Nc1ccc(C(=O)OC)cc1)CCCC3. The van der Waals surface area contributed by atoms with Crippen molar-refractivity contribution in [2.45, 2.75) is 51.6 Å². The smallest absolute Gasteiger partial charge is 0.337 e. The number of anilines is 1. The summed E-state index contributed by atoms with van der Waals surface area (Å²) in [5, 5.41) is 4.31. The molecule has 1 N–H and O–H groups in total. The molecule has 5 rings (SSSR count). The maximum Gasteiger partial charge on any atom is 0.337 e. The molecule has 0 saturated heterocycles. The summed E-state index contributed by atoms with van der Waals surface area (Å²) in [4.78, 5) is 28.7. The third kappa shape index (κ3) is 3.50. The Hall–Kier alpha value is -3.06. The lowest BCUT2D eigenvalue weighted by atomic mass is 9.95. The molecule has 1 aliphatic carbocycles. The monoisotopic (exact) mass is 449 g/mol. The van der Waals surface area contributed by atoms with E-state index in [1.165, 1.54) is 41.0 Å². The van der Waals surface area contributed by atoms with Gasteiger partial charge in [0.2, 0.25) is 0 Å². The largest absolute Gasteiger partial charge is 0.465 e. The number of fused-ring (bicyclic) bond motifs is 5. The van der Waals surface area contributed by atoms with E-state index in [0.717, 1.165) is 25.0 Å². The molecule has 7 heteroatoms. The normalized spacial score (nSPS) is 17.1. The summed E-state index contributed by atoms with van der Waals surface area (Å²) < 4.78 is 7.05. The Labute approximate surface area is 191 Å². The van der Waals surface area contributed by atoms with E-state index in [9.17, 15) is 9.59 Å². The molecular formula is C25H27N3O3S. The maximum atomic E-state index is 13.5. The summed E-state index contributed by atoms with van der Waals surface area (Å²) in [5.41, 5.74) is 5.02. The van der Waals surface area contributed by atoms with Gasteiger partial charge in [0.1, 0.15) is 5.00 Å². The molecule has 0 bridgehead atoms. The molecule has 6 nitrogen and oxygen atoms in total. The van der Waals surface area contributed by atoms with Crippen molar-refractivity contribution in [3.8, 4) is 5.00 Å². The summed E-state index contributed by atoms with van der Waals surface area (Å²) in [6.07, 6.45) is 7.65. The second-order valence-corrected chi connectivity index (χ2v) is 9.43. The second-order valence-electron chi connectivity index (χ2n) is 8.35. The summed E-state index contributed by atoms with van der Waals surface area (Å²) in [6.45, 7) is 2.73. The zero-order chi connectivity index (χ0) is 22.2. The highest BCUT2D eigenvalue weighted by Crippen LogP contribution is 2.43. The molecule has 0 saturated carbocycles. The molecule has 2 amide bonds. The Morgan fingerprint density at radius 2 is 1.91 bits per heavy atom. The van der Waals surface area contributed by atoms with Crippen LogP contribution in [0, 0.1) is 0 Å². The number of urea groups is 1. The van der Waals surface area contributed by atoms with E-state index in [4.69, 9.17) is 4.74 Å². The number of carbonyl (C=O) groups is 2. The summed E-state index contributed by atoms with van der Waals surface area (Å²) >= 11 is 1.90. The fourth-order valence-corrected chi connectivity index (χ4v) is 6.31. The van der Waals surface area contributed by atoms with E-state index in [0.29, 0.717) is 17.8 Å². The van der Waals surface area contributed by atoms with Crippen LogP contribution in [0.25, 0.3) is 5.00 Å². The number of hydrogen-bond acceptors (Lipinski definition) is 4. The molecular weight excluding hydrogens is 422 g/mol. The van der Waals surface area contributed by atoms with Gasteiger partial charge in [0.05, 0.1) is 25.3 Å². The maximum absolute atomic E-state index is 13.5. The molecule has 32 heavy (non-hydrogen) atoms. The number of thiophene rings is 1. The molecule has 0 radical (unpaired) electrons. The van der Waals surface area contributed by atoms with E-state index in [-0.39, 0.29) is 12.1 Å². The molecule has 1 atom stereocenters. The Morgan fingerprint density at radius 1 is 1.12 bits per heavy atom. The van der Waals surface area contributed by atoms with E-state index in [1.807, 2.05) is 16.2 Å². The van der Waals surface area contributed by atoms with Crippen LogP contribution in [0.15, 0.2) is 42.6 Å². The van der Waals surface area contributed by atoms with Crippen LogP contribution in [-0.2, 0) is 24.1 Å². The lowest BCUT2D eigenvalue weighted by molar-refractivity contribution is 0.0600. The van der Waals surface area contributed by atoms with E-state index in [1.54, 1.807) is 24.3 Å². The summed E-state index contributed by atoms with van der Waals surface area (Å²) in [6, 6.07) is 10.9. The first-order valence-corrected chi connectivity index (χ1v) is 12.0. The number of carbonyl (C=O) groups excluding carboxylic acids is 2. The van der Waals surface area contributed by atoms with Gasteiger partial charge in [-0.25, -0.2) is 9.59 Å². The van der Waals surface area contributed by atoms with Crippen LogP contribution in [0.3, 0.4) is 0 Å². The molecule has 2 aromatic heterocycles. The average Bonchev–Trinajstić information content (AvgIpc) is 3.41. The van der Waals surface area contributed by atoms with E-state index >= 15 is 0 Å². The van der Waals surface area contributed by atoms with Crippen molar-refractivity contribution in [1.82, 2.24) is 9.47 Å². The summed E-state index contributed by atoms with van der Waals surface area (Å²) in [5.74, 6) is -0.392. The van der Waals surface area contributed by atoms with Gasteiger partial charge in [-0.1, -0.05) is 6.92 Å². The fraction of sp³-hybridized carbons (Fsp3) is 0.360. The predicted molar refractivity (Wildman–Crippen MR) is 126 cm³/mol. The quantitative estimate of drug-likeness (QED) is 0.522. The van der Waals surface area contributed by atoms with Gasteiger partial charge in [0, 0.05) is 28.0 Å². The van der Waals surface area contributed by atoms with Gasteiger partial charge in [-0.05, 0) is 74.1 Å². The van der Waals surface area contributed by atoms with Crippen LogP contribution >= 0.6 is 11.3 Å². The van der Waals surface area contributed by atoms with Crippen molar-refractivity contribution < 1.29 is 14.3 Å². The first-order chi connectivity index (χ1) is 15.6. The number of benzene rings is 1. The number of esters is 1. The van der Waals surface area contributed by atoms with Crippen molar-refractivity contribution in [3.05, 3.63) is 69.9 Å². The summed E-state index contributed by atoms with van der Waals surface area (Å²) in [7, 11) is 1.36. The number of aryl methyl sites for hydroxylation is 1. The van der Waals surface area contributed by atoms with Crippen molar-refractivity contribution >= 4 is 29.0 Å². The Bertz CT molecular complexity index is 1160. The first kappa shape index (κ1) is 20.8. The molecule has 3 heterocycles. The number of hydrogen-bond donors (Lipinski definition) is 1. The fourth-order valence-electron chi connectivity index (χ4n) is 4.91. The third-order valence-corrected chi connectivity index (χ3v) is 7.84. The van der Waals surface area contributed by atoms with Gasteiger partial charge < -0.3 is 19.5 Å². The van der Waals surface area contributed by atoms with Crippen LogP contribution in [-0.4, -0.2) is 28.6 Å². The van der Waals surface area contributed by atoms with Gasteiger partial charge in [-0.2, -0.15) is 0 Å². The minimum atomic E-state index is -0.392. The molecule has 1 unspecified atom stereocenters. The Balaban J connectivity index is 1.48. The highest BCUT2D eigenvalue weighted by Gasteiger charge is 2.34. The van der Waals surface area contributed by atoms with E-state index < -0.39 is 5.97 Å². The highest BCUT2D eigenvalue weighted by atomic mass is 32.1. The molecule has 0 fully saturated rings. The van der Waals surface area contributed by atoms with E-state index in [2.05, 4.69) is 35.1 Å². The number of ether oxygens (including phenoxy) is 1. The van der Waals surface area contributed by atoms with Crippen LogP contribution in [0.1, 0.15) is 64.3 Å². The minimum Gasteiger partial charge on any atom is -0.465 e. The van der Waals surface area contributed by atoms with Crippen LogP contribution in [0.5, 0.6) is 0 Å². The molecule has 3 aromatic rings. The van der Waals surface area contributed by atoms with Gasteiger partial charge in [-0.15, -0.1) is 11.3 Å². The average molecular weight is 450 g/mol. The second kappa shape index (κ2) is 8.47. The van der Waals surface area contributed by atoms with Gasteiger partial charge in [0.15, 0.2) is 0 Å². The topological polar surface area (TPSA) is 63.6 Å². The zero-order valence-electron chi connectivity index (χ0n) is 18.4. The molecule has 0 spiro atoms. The lowest BCUT2D eigenvalue weighted by Gasteiger charge is -2.30. The predicted octanol–water partition coefficient (Wildman–Crippen LogP) is 5.70. The minimum absolute atomic E-state index is 0.0156. The number of nitrogens with zero attached hydrogens (tertiary/aromatic N) is 2. The molecule has 1 aliphatic heterocycles. The number of amides is 2. The molecule has 1 aromatic carbocycles.